The normalized spacial score (nSPS) is 16.5. The Balaban J connectivity index is 1.58. The van der Waals surface area contributed by atoms with Gasteiger partial charge in [-0.1, -0.05) is 23.5 Å². The quantitative estimate of drug-likeness (QED) is 0.675. The number of amides is 1. The zero-order chi connectivity index (χ0) is 20.7. The van der Waals surface area contributed by atoms with Crippen molar-refractivity contribution in [2.45, 2.75) is 32.6 Å². The number of anilines is 3. The molecule has 0 radical (unpaired) electrons. The molecule has 0 saturated carbocycles. The van der Waals surface area contributed by atoms with E-state index in [1.807, 2.05) is 31.2 Å². The number of aryl methyl sites for hydroxylation is 2. The number of fused-ring (bicyclic) bond motifs is 3. The fourth-order valence-corrected chi connectivity index (χ4v) is 5.64. The minimum Gasteiger partial charge on any atom is -0.397 e. The maximum Gasteiger partial charge on any atom is 0.279 e. The van der Waals surface area contributed by atoms with Crippen molar-refractivity contribution in [3.63, 3.8) is 0 Å². The molecule has 7 heteroatoms. The number of carbonyl (C=O) groups is 1. The first-order valence-corrected chi connectivity index (χ1v) is 11.4. The molecule has 3 heterocycles. The number of hydrogen-bond donors (Lipinski definition) is 2. The number of nitrogens with zero attached hydrogens (tertiary/aromatic N) is 1. The van der Waals surface area contributed by atoms with Crippen molar-refractivity contribution in [1.82, 2.24) is 0 Å². The highest BCUT2D eigenvalue weighted by Crippen LogP contribution is 2.40. The van der Waals surface area contributed by atoms with Gasteiger partial charge in [0.1, 0.15) is 18.0 Å². The molecule has 1 aromatic carbocycles. The van der Waals surface area contributed by atoms with Crippen molar-refractivity contribution in [3.8, 4) is 0 Å². The molecule has 5 rings (SSSR count). The van der Waals surface area contributed by atoms with Gasteiger partial charge in [0.15, 0.2) is 4.83 Å². The predicted molar refractivity (Wildman–Crippen MR) is 122 cm³/mol. The van der Waals surface area contributed by atoms with Gasteiger partial charge in [-0.05, 0) is 55.9 Å². The Hall–Kier alpha value is -2.64. The van der Waals surface area contributed by atoms with Crippen molar-refractivity contribution in [2.75, 3.05) is 42.3 Å². The fraction of sp³-hybridized carbons (Fsp3) is 0.391. The third-order valence-electron chi connectivity index (χ3n) is 6.04. The number of thiophene rings is 1. The SMILES string of the molecule is Cc1cccc(NC(=O)c2sc3[nH+]c(N4CCOCC4)c4c(c3c2N)CCCC4)c1. The first-order valence-electron chi connectivity index (χ1n) is 10.6. The number of hydrogen-bond acceptors (Lipinski definition) is 5. The molecular weight excluding hydrogens is 396 g/mol. The predicted octanol–water partition coefficient (Wildman–Crippen LogP) is 3.57. The Morgan fingerprint density at radius 3 is 2.73 bits per heavy atom. The van der Waals surface area contributed by atoms with E-state index in [2.05, 4.69) is 15.2 Å². The van der Waals surface area contributed by atoms with E-state index in [0.717, 1.165) is 67.0 Å². The lowest BCUT2D eigenvalue weighted by atomic mass is 9.89. The second-order valence-corrected chi connectivity index (χ2v) is 9.13. The number of ether oxygens (including phenoxy) is 1. The van der Waals surface area contributed by atoms with E-state index in [-0.39, 0.29) is 5.91 Å². The van der Waals surface area contributed by atoms with Crippen molar-refractivity contribution in [2.24, 2.45) is 0 Å². The third-order valence-corrected chi connectivity index (χ3v) is 7.16. The van der Waals surface area contributed by atoms with Crippen LogP contribution in [0.4, 0.5) is 17.2 Å². The highest BCUT2D eigenvalue weighted by Gasteiger charge is 2.31. The molecule has 2 aromatic heterocycles. The van der Waals surface area contributed by atoms with Crippen LogP contribution in [-0.4, -0.2) is 32.2 Å². The van der Waals surface area contributed by atoms with Gasteiger partial charge < -0.3 is 15.8 Å². The summed E-state index contributed by atoms with van der Waals surface area (Å²) in [5.41, 5.74) is 11.8. The number of aromatic amines is 1. The van der Waals surface area contributed by atoms with E-state index < -0.39 is 0 Å². The van der Waals surface area contributed by atoms with Crippen LogP contribution in [0.5, 0.6) is 0 Å². The van der Waals surface area contributed by atoms with Gasteiger partial charge in [-0.25, -0.2) is 4.98 Å². The number of nitrogens with one attached hydrogen (secondary N) is 2. The van der Waals surface area contributed by atoms with Gasteiger partial charge in [0.25, 0.3) is 11.7 Å². The van der Waals surface area contributed by atoms with E-state index >= 15 is 0 Å². The summed E-state index contributed by atoms with van der Waals surface area (Å²) in [5.74, 6) is 1.04. The molecule has 1 amide bonds. The van der Waals surface area contributed by atoms with Crippen LogP contribution in [0.1, 0.15) is 39.2 Å². The number of pyridine rings is 1. The topological polar surface area (TPSA) is 81.7 Å². The van der Waals surface area contributed by atoms with Crippen molar-refractivity contribution >= 4 is 44.7 Å². The van der Waals surface area contributed by atoms with Crippen molar-refractivity contribution in [1.29, 1.82) is 0 Å². The van der Waals surface area contributed by atoms with Gasteiger partial charge in [0, 0.05) is 11.3 Å². The molecule has 1 saturated heterocycles. The van der Waals surface area contributed by atoms with Gasteiger partial charge in [0.05, 0.1) is 24.3 Å². The average molecular weight is 424 g/mol. The van der Waals surface area contributed by atoms with Crippen LogP contribution < -0.4 is 20.9 Å². The first kappa shape index (κ1) is 19.3. The molecule has 0 spiro atoms. The van der Waals surface area contributed by atoms with Crippen LogP contribution in [0.15, 0.2) is 24.3 Å². The van der Waals surface area contributed by atoms with Crippen LogP contribution in [-0.2, 0) is 17.6 Å². The molecule has 1 fully saturated rings. The lowest BCUT2D eigenvalue weighted by Gasteiger charge is -2.26. The summed E-state index contributed by atoms with van der Waals surface area (Å²) >= 11 is 1.46. The van der Waals surface area contributed by atoms with Crippen LogP contribution in [0, 0.1) is 6.92 Å². The monoisotopic (exact) mass is 423 g/mol. The van der Waals surface area contributed by atoms with Crippen LogP contribution >= 0.6 is 11.3 Å². The largest absolute Gasteiger partial charge is 0.397 e. The number of carbonyl (C=O) groups excluding carboxylic acids is 1. The molecule has 6 nitrogen and oxygen atoms in total. The van der Waals surface area contributed by atoms with E-state index in [4.69, 9.17) is 10.5 Å². The lowest BCUT2D eigenvalue weighted by Crippen LogP contribution is -2.40. The zero-order valence-electron chi connectivity index (χ0n) is 17.2. The van der Waals surface area contributed by atoms with E-state index in [1.54, 1.807) is 0 Å². The second kappa shape index (κ2) is 7.89. The third kappa shape index (κ3) is 3.42. The van der Waals surface area contributed by atoms with Crippen LogP contribution in [0.3, 0.4) is 0 Å². The summed E-state index contributed by atoms with van der Waals surface area (Å²) in [6.45, 7) is 5.28. The van der Waals surface area contributed by atoms with Crippen molar-refractivity contribution < 1.29 is 14.5 Å². The number of H-pyrrole nitrogens is 1. The Labute approximate surface area is 180 Å². The Morgan fingerprint density at radius 1 is 1.20 bits per heavy atom. The molecule has 156 valence electrons. The molecule has 0 atom stereocenters. The number of benzene rings is 1. The van der Waals surface area contributed by atoms with Crippen LogP contribution in [0.2, 0.25) is 0 Å². The summed E-state index contributed by atoms with van der Waals surface area (Å²) < 4.78 is 5.55. The molecule has 3 aromatic rings. The average Bonchev–Trinajstić information content (AvgIpc) is 3.10. The van der Waals surface area contributed by atoms with Gasteiger partial charge in [0.2, 0.25) is 0 Å². The second-order valence-electron chi connectivity index (χ2n) is 8.11. The number of morpholine rings is 1. The zero-order valence-corrected chi connectivity index (χ0v) is 18.0. The summed E-state index contributed by atoms with van der Waals surface area (Å²) in [6.07, 6.45) is 4.41. The smallest absolute Gasteiger partial charge is 0.279 e. The highest BCUT2D eigenvalue weighted by atomic mass is 32.1. The van der Waals surface area contributed by atoms with E-state index in [1.165, 1.54) is 34.7 Å². The minimum atomic E-state index is -0.148. The molecule has 4 N–H and O–H groups in total. The van der Waals surface area contributed by atoms with Gasteiger partial charge >= 0.3 is 0 Å². The maximum absolute atomic E-state index is 13.0. The molecular formula is C23H27N4O2S+. The fourth-order valence-electron chi connectivity index (χ4n) is 4.59. The summed E-state index contributed by atoms with van der Waals surface area (Å²) in [4.78, 5) is 20.6. The molecule has 2 aliphatic rings. The lowest BCUT2D eigenvalue weighted by molar-refractivity contribution is -0.328. The Bertz CT molecular complexity index is 1120. The number of aromatic nitrogens is 1. The summed E-state index contributed by atoms with van der Waals surface area (Å²) in [5, 5.41) is 4.05. The highest BCUT2D eigenvalue weighted by molar-refractivity contribution is 7.21. The van der Waals surface area contributed by atoms with E-state index in [0.29, 0.717) is 10.6 Å². The molecule has 30 heavy (non-hydrogen) atoms. The molecule has 0 bridgehead atoms. The molecule has 0 unspecified atom stereocenters. The molecule has 1 aliphatic heterocycles. The van der Waals surface area contributed by atoms with E-state index in [9.17, 15) is 4.79 Å². The maximum atomic E-state index is 13.0. The first-order chi connectivity index (χ1) is 14.6. The minimum absolute atomic E-state index is 0.148. The summed E-state index contributed by atoms with van der Waals surface area (Å²) in [7, 11) is 0. The van der Waals surface area contributed by atoms with Gasteiger partial charge in [-0.15, -0.1) is 0 Å². The van der Waals surface area contributed by atoms with Crippen molar-refractivity contribution in [3.05, 3.63) is 45.8 Å². The number of nitrogen functional groups attached to an aromatic ring is 1. The number of rotatable bonds is 3. The summed E-state index contributed by atoms with van der Waals surface area (Å²) in [6, 6.07) is 7.82. The standard InChI is InChI=1S/C23H26N4O2S/c1-14-5-4-6-15(13-14)25-22(28)20-19(24)18-16-7-2-3-8-17(16)21(26-23(18)30-20)27-9-11-29-12-10-27/h4-6,13H,2-3,7-12,24H2,1H3,(H,25,28)/p+1. The van der Waals surface area contributed by atoms with Crippen LogP contribution in [0.25, 0.3) is 10.2 Å². The Morgan fingerprint density at radius 2 is 1.97 bits per heavy atom. The number of nitrogens with two attached hydrogens (primary N) is 1. The van der Waals surface area contributed by atoms with Gasteiger partial charge in [-0.2, -0.15) is 0 Å². The Kier molecular flexibility index (Phi) is 5.08. The molecule has 1 aliphatic carbocycles. The van der Waals surface area contributed by atoms with Gasteiger partial charge in [-0.3, -0.25) is 9.69 Å².